The highest BCUT2D eigenvalue weighted by molar-refractivity contribution is 5.76. The molecule has 1 unspecified atom stereocenters. The molecule has 2 rings (SSSR count). The van der Waals surface area contributed by atoms with Gasteiger partial charge in [-0.15, -0.1) is 0 Å². The van der Waals surface area contributed by atoms with Gasteiger partial charge in [-0.1, -0.05) is 19.3 Å². The number of hydrogen-bond acceptors (Lipinski definition) is 3. The van der Waals surface area contributed by atoms with Crippen molar-refractivity contribution in [3.63, 3.8) is 0 Å². The summed E-state index contributed by atoms with van der Waals surface area (Å²) in [4.78, 5) is 14.3. The van der Waals surface area contributed by atoms with Gasteiger partial charge >= 0.3 is 0 Å². The molecule has 2 aliphatic rings. The Hall–Kier alpha value is -0.610. The summed E-state index contributed by atoms with van der Waals surface area (Å²) >= 11 is 0. The van der Waals surface area contributed by atoms with Crippen LogP contribution in [0.3, 0.4) is 0 Å². The van der Waals surface area contributed by atoms with Crippen molar-refractivity contribution in [1.82, 2.24) is 10.2 Å². The third kappa shape index (κ3) is 4.46. The number of carbonyl (C=O) groups is 1. The summed E-state index contributed by atoms with van der Waals surface area (Å²) in [7, 11) is 0. The molecular formula is C15H28N2O2. The maximum absolute atomic E-state index is 12.3. The number of carbonyl (C=O) groups excluding carboxylic acids is 1. The smallest absolute Gasteiger partial charge is 0.222 e. The summed E-state index contributed by atoms with van der Waals surface area (Å²) in [6.07, 6.45) is 10.0. The van der Waals surface area contributed by atoms with Crippen LogP contribution in [0, 0.1) is 0 Å². The Morgan fingerprint density at radius 1 is 1.16 bits per heavy atom. The molecule has 0 aromatic carbocycles. The Bertz CT molecular complexity index is 271. The minimum Gasteiger partial charge on any atom is -0.395 e. The Morgan fingerprint density at radius 3 is 2.53 bits per heavy atom. The molecule has 19 heavy (non-hydrogen) atoms. The van der Waals surface area contributed by atoms with E-state index in [0.29, 0.717) is 25.0 Å². The zero-order valence-electron chi connectivity index (χ0n) is 11.9. The van der Waals surface area contributed by atoms with Gasteiger partial charge in [0.05, 0.1) is 6.61 Å². The molecule has 110 valence electrons. The minimum atomic E-state index is 0.0872. The van der Waals surface area contributed by atoms with Crippen LogP contribution in [0.25, 0.3) is 0 Å². The van der Waals surface area contributed by atoms with Gasteiger partial charge in [0, 0.05) is 25.0 Å². The molecule has 1 saturated heterocycles. The molecule has 0 aromatic heterocycles. The van der Waals surface area contributed by atoms with Crippen LogP contribution < -0.4 is 5.32 Å². The highest BCUT2D eigenvalue weighted by Crippen LogP contribution is 2.24. The second kappa shape index (κ2) is 7.85. The van der Waals surface area contributed by atoms with E-state index in [1.54, 1.807) is 0 Å². The molecule has 2 N–H and O–H groups in total. The Morgan fingerprint density at radius 2 is 1.89 bits per heavy atom. The summed E-state index contributed by atoms with van der Waals surface area (Å²) in [5.41, 5.74) is 0. The molecule has 1 aliphatic heterocycles. The predicted octanol–water partition coefficient (Wildman–Crippen LogP) is 1.67. The largest absolute Gasteiger partial charge is 0.395 e. The van der Waals surface area contributed by atoms with E-state index in [-0.39, 0.29) is 12.5 Å². The van der Waals surface area contributed by atoms with Gasteiger partial charge in [0.1, 0.15) is 0 Å². The summed E-state index contributed by atoms with van der Waals surface area (Å²) in [6.45, 7) is 1.70. The molecule has 4 nitrogen and oxygen atoms in total. The first-order valence-electron chi connectivity index (χ1n) is 7.95. The van der Waals surface area contributed by atoms with Crippen molar-refractivity contribution in [2.24, 2.45) is 0 Å². The van der Waals surface area contributed by atoms with Crippen molar-refractivity contribution in [1.29, 1.82) is 0 Å². The predicted molar refractivity (Wildman–Crippen MR) is 75.9 cm³/mol. The zero-order valence-corrected chi connectivity index (χ0v) is 11.9. The molecule has 0 radical (unpaired) electrons. The van der Waals surface area contributed by atoms with Gasteiger partial charge in [0.2, 0.25) is 5.91 Å². The highest BCUT2D eigenvalue weighted by atomic mass is 16.3. The standard InChI is InChI=1S/C15H28N2O2/c18-12-11-17(14-6-1-2-7-14)15(19)9-8-13-5-3-4-10-16-13/h13-14,16,18H,1-12H2. The maximum atomic E-state index is 12.3. The summed E-state index contributed by atoms with van der Waals surface area (Å²) < 4.78 is 0. The van der Waals surface area contributed by atoms with Crippen LogP contribution in [0.15, 0.2) is 0 Å². The Balaban J connectivity index is 1.77. The Labute approximate surface area is 116 Å². The highest BCUT2D eigenvalue weighted by Gasteiger charge is 2.26. The summed E-state index contributed by atoms with van der Waals surface area (Å²) in [6, 6.07) is 0.913. The molecule has 0 bridgehead atoms. The molecule has 1 saturated carbocycles. The van der Waals surface area contributed by atoms with E-state index in [1.807, 2.05) is 4.90 Å². The fourth-order valence-corrected chi connectivity index (χ4v) is 3.45. The monoisotopic (exact) mass is 268 g/mol. The van der Waals surface area contributed by atoms with Gasteiger partial charge in [-0.2, -0.15) is 0 Å². The lowest BCUT2D eigenvalue weighted by molar-refractivity contribution is -0.134. The van der Waals surface area contributed by atoms with E-state index in [4.69, 9.17) is 5.11 Å². The molecule has 0 aromatic rings. The second-order valence-electron chi connectivity index (χ2n) is 5.93. The number of hydrogen-bond donors (Lipinski definition) is 2. The first-order valence-corrected chi connectivity index (χ1v) is 7.95. The minimum absolute atomic E-state index is 0.0872. The van der Waals surface area contributed by atoms with Gasteiger partial charge in [-0.3, -0.25) is 4.79 Å². The van der Waals surface area contributed by atoms with E-state index < -0.39 is 0 Å². The number of piperidine rings is 1. The van der Waals surface area contributed by atoms with Crippen LogP contribution in [0.5, 0.6) is 0 Å². The molecule has 1 atom stereocenters. The van der Waals surface area contributed by atoms with Gasteiger partial charge in [0.25, 0.3) is 0 Å². The van der Waals surface area contributed by atoms with Crippen molar-refractivity contribution in [2.45, 2.75) is 69.9 Å². The van der Waals surface area contributed by atoms with Gasteiger partial charge in [-0.05, 0) is 38.6 Å². The summed E-state index contributed by atoms with van der Waals surface area (Å²) in [5, 5.41) is 12.7. The van der Waals surface area contributed by atoms with Crippen LogP contribution in [-0.4, -0.2) is 47.7 Å². The summed E-state index contributed by atoms with van der Waals surface area (Å²) in [5.74, 6) is 0.244. The fourth-order valence-electron chi connectivity index (χ4n) is 3.45. The van der Waals surface area contributed by atoms with E-state index in [0.717, 1.165) is 25.8 Å². The molecule has 4 heteroatoms. The quantitative estimate of drug-likeness (QED) is 0.770. The van der Waals surface area contributed by atoms with Gasteiger partial charge in [0.15, 0.2) is 0 Å². The van der Waals surface area contributed by atoms with Crippen molar-refractivity contribution in [2.75, 3.05) is 19.7 Å². The van der Waals surface area contributed by atoms with E-state index in [9.17, 15) is 4.79 Å². The average molecular weight is 268 g/mol. The topological polar surface area (TPSA) is 52.6 Å². The van der Waals surface area contributed by atoms with Crippen LogP contribution in [-0.2, 0) is 4.79 Å². The lowest BCUT2D eigenvalue weighted by atomic mass is 10.00. The number of nitrogens with one attached hydrogen (secondary N) is 1. The number of amides is 1. The normalized spacial score (nSPS) is 24.6. The van der Waals surface area contributed by atoms with Crippen LogP contribution in [0.4, 0.5) is 0 Å². The second-order valence-corrected chi connectivity index (χ2v) is 5.93. The molecule has 1 amide bonds. The molecular weight excluding hydrogens is 240 g/mol. The molecule has 1 aliphatic carbocycles. The fraction of sp³-hybridized carbons (Fsp3) is 0.933. The van der Waals surface area contributed by atoms with Crippen molar-refractivity contribution in [3.8, 4) is 0 Å². The van der Waals surface area contributed by atoms with Gasteiger partial charge in [-0.25, -0.2) is 0 Å². The number of aliphatic hydroxyl groups excluding tert-OH is 1. The first-order chi connectivity index (χ1) is 9.31. The van der Waals surface area contributed by atoms with Crippen LogP contribution >= 0.6 is 0 Å². The third-order valence-electron chi connectivity index (χ3n) is 4.55. The lowest BCUT2D eigenvalue weighted by Gasteiger charge is -2.30. The Kier molecular flexibility index (Phi) is 6.11. The number of aliphatic hydroxyl groups is 1. The number of nitrogens with zero attached hydrogens (tertiary/aromatic N) is 1. The molecule has 0 spiro atoms. The molecule has 2 fully saturated rings. The van der Waals surface area contributed by atoms with Crippen LogP contribution in [0.1, 0.15) is 57.8 Å². The lowest BCUT2D eigenvalue weighted by Crippen LogP contribution is -2.42. The SMILES string of the molecule is O=C(CCC1CCCCN1)N(CCO)C1CCCC1. The van der Waals surface area contributed by atoms with E-state index in [1.165, 1.54) is 32.1 Å². The van der Waals surface area contributed by atoms with Crippen molar-refractivity contribution >= 4 is 5.91 Å². The number of rotatable bonds is 6. The van der Waals surface area contributed by atoms with Gasteiger partial charge < -0.3 is 15.3 Å². The maximum Gasteiger partial charge on any atom is 0.222 e. The zero-order chi connectivity index (χ0) is 13.5. The van der Waals surface area contributed by atoms with Crippen LogP contribution in [0.2, 0.25) is 0 Å². The van der Waals surface area contributed by atoms with Crippen molar-refractivity contribution < 1.29 is 9.90 Å². The van der Waals surface area contributed by atoms with E-state index >= 15 is 0 Å². The average Bonchev–Trinajstić information content (AvgIpc) is 2.97. The first kappa shape index (κ1) is 14.8. The molecule has 1 heterocycles. The van der Waals surface area contributed by atoms with Crippen molar-refractivity contribution in [3.05, 3.63) is 0 Å². The van der Waals surface area contributed by atoms with E-state index in [2.05, 4.69) is 5.32 Å². The third-order valence-corrected chi connectivity index (χ3v) is 4.55.